The van der Waals surface area contributed by atoms with E-state index in [1.807, 2.05) is 0 Å². The van der Waals surface area contributed by atoms with Crippen molar-refractivity contribution in [3.05, 3.63) is 54.1 Å². The largest absolute Gasteiger partial charge is 0.435 e. The lowest BCUT2D eigenvalue weighted by molar-refractivity contribution is -0.128. The fourth-order valence-corrected chi connectivity index (χ4v) is 3.14. The van der Waals surface area contributed by atoms with Crippen LogP contribution >= 0.6 is 12.4 Å². The number of nitrogen functional groups attached to an aromatic ring is 1. The molecule has 2 amide bonds. The van der Waals surface area contributed by atoms with Crippen LogP contribution in [0.15, 0.2) is 48.5 Å². The molecule has 1 aliphatic heterocycles. The maximum atomic E-state index is 12.8. The van der Waals surface area contributed by atoms with Crippen molar-refractivity contribution in [2.24, 2.45) is 0 Å². The zero-order valence-corrected chi connectivity index (χ0v) is 16.3. The Bertz CT molecular complexity index is 832. The molecular formula is C20H22ClF2N3O3. The van der Waals surface area contributed by atoms with Crippen molar-refractivity contribution in [1.82, 2.24) is 5.32 Å². The highest BCUT2D eigenvalue weighted by atomic mass is 35.5. The van der Waals surface area contributed by atoms with Crippen LogP contribution in [0.4, 0.5) is 20.2 Å². The molecule has 9 heteroatoms. The predicted octanol–water partition coefficient (Wildman–Crippen LogP) is 3.15. The number of nitrogens with one attached hydrogen (secondary N) is 1. The summed E-state index contributed by atoms with van der Waals surface area (Å²) in [4.78, 5) is 26.6. The summed E-state index contributed by atoms with van der Waals surface area (Å²) in [5.74, 6) is -0.443. The van der Waals surface area contributed by atoms with Gasteiger partial charge in [0.1, 0.15) is 11.8 Å². The number of ether oxygens (including phenoxy) is 1. The van der Waals surface area contributed by atoms with Crippen molar-refractivity contribution >= 4 is 35.6 Å². The molecule has 1 fully saturated rings. The van der Waals surface area contributed by atoms with E-state index in [1.54, 1.807) is 41.3 Å². The molecule has 0 saturated carbocycles. The normalized spacial score (nSPS) is 16.3. The van der Waals surface area contributed by atoms with Gasteiger partial charge in [0.25, 0.3) is 0 Å². The maximum absolute atomic E-state index is 12.8. The zero-order valence-electron chi connectivity index (χ0n) is 15.5. The molecule has 1 saturated heterocycles. The van der Waals surface area contributed by atoms with E-state index in [1.165, 1.54) is 12.1 Å². The molecule has 0 radical (unpaired) electrons. The average Bonchev–Trinajstić information content (AvgIpc) is 2.66. The van der Waals surface area contributed by atoms with Crippen LogP contribution in [-0.4, -0.2) is 31.0 Å². The highest BCUT2D eigenvalue weighted by molar-refractivity contribution is 6.00. The minimum atomic E-state index is -2.90. The quantitative estimate of drug-likeness (QED) is 0.696. The molecule has 1 unspecified atom stereocenters. The smallest absolute Gasteiger partial charge is 0.387 e. The van der Waals surface area contributed by atoms with Gasteiger partial charge in [0.05, 0.1) is 6.42 Å². The third-order valence-electron chi connectivity index (χ3n) is 4.49. The first-order chi connectivity index (χ1) is 13.4. The molecule has 1 aliphatic rings. The lowest BCUT2D eigenvalue weighted by Gasteiger charge is -2.32. The number of benzene rings is 2. The first-order valence-corrected chi connectivity index (χ1v) is 8.92. The Kier molecular flexibility index (Phi) is 7.78. The first-order valence-electron chi connectivity index (χ1n) is 8.92. The van der Waals surface area contributed by atoms with Crippen LogP contribution in [0, 0.1) is 0 Å². The topological polar surface area (TPSA) is 84.7 Å². The van der Waals surface area contributed by atoms with Crippen LogP contribution in [-0.2, 0) is 16.0 Å². The minimum Gasteiger partial charge on any atom is -0.435 e. The summed E-state index contributed by atoms with van der Waals surface area (Å²) >= 11 is 0. The molecular weight excluding hydrogens is 404 g/mol. The first kappa shape index (κ1) is 22.4. The van der Waals surface area contributed by atoms with Crippen molar-refractivity contribution in [2.75, 3.05) is 17.2 Å². The number of rotatable bonds is 6. The van der Waals surface area contributed by atoms with Gasteiger partial charge in [-0.3, -0.25) is 9.59 Å². The summed E-state index contributed by atoms with van der Waals surface area (Å²) in [6.07, 6.45) is 1.42. The monoisotopic (exact) mass is 425 g/mol. The second-order valence-corrected chi connectivity index (χ2v) is 6.54. The molecule has 0 aliphatic carbocycles. The number of nitrogens with two attached hydrogens (primary N) is 1. The van der Waals surface area contributed by atoms with Gasteiger partial charge in [-0.15, -0.1) is 12.4 Å². The molecule has 29 heavy (non-hydrogen) atoms. The van der Waals surface area contributed by atoms with Gasteiger partial charge < -0.3 is 20.7 Å². The molecule has 1 atom stereocenters. The average molecular weight is 426 g/mol. The standard InChI is InChI=1S/C20H21F2N3O3.ClH/c21-20(22)28-16-9-7-15(8-10-16)25-11-1-2-17(19(25)27)24-18(26)12-13-3-5-14(23)6-4-13;/h3-10,17,20H,1-2,11-12,23H2,(H,24,26);1H. The minimum absolute atomic E-state index is 0. The number of alkyl halides is 2. The Morgan fingerprint density at radius 2 is 1.83 bits per heavy atom. The van der Waals surface area contributed by atoms with Crippen molar-refractivity contribution < 1.29 is 23.1 Å². The Morgan fingerprint density at radius 3 is 2.45 bits per heavy atom. The summed E-state index contributed by atoms with van der Waals surface area (Å²) in [6, 6.07) is 12.2. The van der Waals surface area contributed by atoms with Gasteiger partial charge in [0, 0.05) is 17.9 Å². The van der Waals surface area contributed by atoms with E-state index < -0.39 is 12.7 Å². The van der Waals surface area contributed by atoms with Gasteiger partial charge in [-0.05, 0) is 54.8 Å². The molecule has 3 N–H and O–H groups in total. The number of anilines is 2. The molecule has 2 aromatic carbocycles. The number of hydrogen-bond donors (Lipinski definition) is 2. The van der Waals surface area contributed by atoms with Crippen molar-refractivity contribution in [2.45, 2.75) is 31.9 Å². The van der Waals surface area contributed by atoms with Gasteiger partial charge in [-0.25, -0.2) is 0 Å². The number of carbonyl (C=O) groups excluding carboxylic acids is 2. The van der Waals surface area contributed by atoms with Gasteiger partial charge in [0.15, 0.2) is 0 Å². The van der Waals surface area contributed by atoms with Crippen molar-refractivity contribution in [3.8, 4) is 5.75 Å². The number of nitrogens with zero attached hydrogens (tertiary/aromatic N) is 1. The summed E-state index contributed by atoms with van der Waals surface area (Å²) in [5.41, 5.74) is 7.63. The van der Waals surface area contributed by atoms with Gasteiger partial charge in [0.2, 0.25) is 11.8 Å². The lowest BCUT2D eigenvalue weighted by Crippen LogP contribution is -2.52. The van der Waals surface area contributed by atoms with Crippen LogP contribution in [0.5, 0.6) is 5.75 Å². The number of carbonyl (C=O) groups is 2. The van der Waals surface area contributed by atoms with E-state index in [4.69, 9.17) is 5.73 Å². The highest BCUT2D eigenvalue weighted by Crippen LogP contribution is 2.24. The van der Waals surface area contributed by atoms with Crippen LogP contribution < -0.4 is 20.7 Å². The number of piperidine rings is 1. The molecule has 0 bridgehead atoms. The van der Waals surface area contributed by atoms with E-state index >= 15 is 0 Å². The molecule has 3 rings (SSSR count). The van der Waals surface area contributed by atoms with E-state index in [0.717, 1.165) is 5.56 Å². The molecule has 2 aromatic rings. The Balaban J connectivity index is 0.00000300. The lowest BCUT2D eigenvalue weighted by atomic mass is 10.0. The molecule has 0 spiro atoms. The van der Waals surface area contributed by atoms with Crippen LogP contribution in [0.3, 0.4) is 0 Å². The maximum Gasteiger partial charge on any atom is 0.387 e. The third kappa shape index (κ3) is 6.05. The van der Waals surface area contributed by atoms with Gasteiger partial charge >= 0.3 is 6.61 Å². The van der Waals surface area contributed by atoms with Crippen molar-refractivity contribution in [1.29, 1.82) is 0 Å². The second-order valence-electron chi connectivity index (χ2n) is 6.54. The van der Waals surface area contributed by atoms with Crippen LogP contribution in [0.1, 0.15) is 18.4 Å². The predicted molar refractivity (Wildman–Crippen MR) is 108 cm³/mol. The second kappa shape index (κ2) is 10.1. The molecule has 156 valence electrons. The number of hydrogen-bond acceptors (Lipinski definition) is 4. The van der Waals surface area contributed by atoms with Gasteiger partial charge in [-0.2, -0.15) is 8.78 Å². The fraction of sp³-hybridized carbons (Fsp3) is 0.300. The zero-order chi connectivity index (χ0) is 20.1. The Morgan fingerprint density at radius 1 is 1.17 bits per heavy atom. The SMILES string of the molecule is Cl.Nc1ccc(CC(=O)NC2CCCN(c3ccc(OC(F)F)cc3)C2=O)cc1. The summed E-state index contributed by atoms with van der Waals surface area (Å²) in [7, 11) is 0. The molecule has 1 heterocycles. The van der Waals surface area contributed by atoms with Crippen LogP contribution in [0.25, 0.3) is 0 Å². The van der Waals surface area contributed by atoms with E-state index in [0.29, 0.717) is 30.8 Å². The third-order valence-corrected chi connectivity index (χ3v) is 4.49. The number of halogens is 3. The van der Waals surface area contributed by atoms with E-state index in [9.17, 15) is 18.4 Å². The van der Waals surface area contributed by atoms with Crippen LogP contribution in [0.2, 0.25) is 0 Å². The summed E-state index contributed by atoms with van der Waals surface area (Å²) in [5, 5.41) is 2.78. The van der Waals surface area contributed by atoms with Crippen molar-refractivity contribution in [3.63, 3.8) is 0 Å². The summed E-state index contributed by atoms with van der Waals surface area (Å²) in [6.45, 7) is -2.40. The molecule has 6 nitrogen and oxygen atoms in total. The highest BCUT2D eigenvalue weighted by Gasteiger charge is 2.30. The fourth-order valence-electron chi connectivity index (χ4n) is 3.14. The Labute approximate surface area is 173 Å². The van der Waals surface area contributed by atoms with Gasteiger partial charge in [-0.1, -0.05) is 12.1 Å². The summed E-state index contributed by atoms with van der Waals surface area (Å²) < 4.78 is 28.8. The van der Waals surface area contributed by atoms with E-state index in [2.05, 4.69) is 10.1 Å². The molecule has 0 aromatic heterocycles. The Hall–Kier alpha value is -2.87. The number of amides is 2. The van der Waals surface area contributed by atoms with E-state index in [-0.39, 0.29) is 36.4 Å².